The average molecular weight is 320 g/mol. The Bertz CT molecular complexity index is 788. The van der Waals surface area contributed by atoms with Crippen molar-refractivity contribution in [1.29, 1.82) is 0 Å². The number of hydrogen-bond acceptors (Lipinski definition) is 4. The summed E-state index contributed by atoms with van der Waals surface area (Å²) in [7, 11) is -3.83. The third-order valence-electron chi connectivity index (χ3n) is 3.32. The summed E-state index contributed by atoms with van der Waals surface area (Å²) in [5, 5.41) is 10.9. The van der Waals surface area contributed by atoms with Crippen LogP contribution in [0.2, 0.25) is 0 Å². The molecule has 7 heteroatoms. The van der Waals surface area contributed by atoms with Gasteiger partial charge in [-0.15, -0.1) is 0 Å². The average Bonchev–Trinajstić information content (AvgIpc) is 2.47. The summed E-state index contributed by atoms with van der Waals surface area (Å²) >= 11 is 0. The standard InChI is InChI=1S/C15H16N2O4S/c1-11-8-9-14(10-15(11)17(18)19)22(20,21)16-12(2)13-6-4-3-5-7-13/h3-10,12,16H,1-2H3/t12-/m1/s1. The van der Waals surface area contributed by atoms with Gasteiger partial charge >= 0.3 is 0 Å². The van der Waals surface area contributed by atoms with Crippen molar-refractivity contribution < 1.29 is 13.3 Å². The summed E-state index contributed by atoms with van der Waals surface area (Å²) in [6.07, 6.45) is 0. The lowest BCUT2D eigenvalue weighted by Gasteiger charge is -2.14. The number of rotatable bonds is 5. The van der Waals surface area contributed by atoms with Crippen LogP contribution in [0.1, 0.15) is 24.1 Å². The highest BCUT2D eigenvalue weighted by Gasteiger charge is 2.22. The first-order valence-corrected chi connectivity index (χ1v) is 8.12. The maximum Gasteiger partial charge on any atom is 0.273 e. The smallest absolute Gasteiger partial charge is 0.258 e. The van der Waals surface area contributed by atoms with Gasteiger partial charge in [0.2, 0.25) is 10.0 Å². The molecule has 0 amide bonds. The fraction of sp³-hybridized carbons (Fsp3) is 0.200. The Balaban J connectivity index is 2.31. The van der Waals surface area contributed by atoms with Crippen LogP contribution in [0.25, 0.3) is 0 Å². The summed E-state index contributed by atoms with van der Waals surface area (Å²) in [6, 6.07) is 12.5. The van der Waals surface area contributed by atoms with Crippen molar-refractivity contribution >= 4 is 15.7 Å². The SMILES string of the molecule is Cc1ccc(S(=O)(=O)N[C@H](C)c2ccccc2)cc1[N+](=O)[O-]. The topological polar surface area (TPSA) is 89.3 Å². The summed E-state index contributed by atoms with van der Waals surface area (Å²) in [5.41, 5.74) is 1.02. The van der Waals surface area contributed by atoms with Crippen molar-refractivity contribution in [2.75, 3.05) is 0 Å². The Labute approximate surface area is 129 Å². The van der Waals surface area contributed by atoms with E-state index in [4.69, 9.17) is 0 Å². The molecule has 0 aliphatic carbocycles. The fourth-order valence-corrected chi connectivity index (χ4v) is 3.32. The number of aryl methyl sites for hydroxylation is 1. The number of benzene rings is 2. The van der Waals surface area contributed by atoms with Crippen LogP contribution in [0, 0.1) is 17.0 Å². The molecule has 6 nitrogen and oxygen atoms in total. The fourth-order valence-electron chi connectivity index (χ4n) is 2.06. The minimum Gasteiger partial charge on any atom is -0.258 e. The molecule has 1 N–H and O–H groups in total. The number of nitrogens with zero attached hydrogens (tertiary/aromatic N) is 1. The molecular formula is C15H16N2O4S. The Morgan fingerprint density at radius 3 is 2.36 bits per heavy atom. The lowest BCUT2D eigenvalue weighted by atomic mass is 10.1. The molecule has 0 saturated heterocycles. The van der Waals surface area contributed by atoms with Crippen molar-refractivity contribution in [3.8, 4) is 0 Å². The van der Waals surface area contributed by atoms with Gasteiger partial charge in [-0.05, 0) is 25.5 Å². The van der Waals surface area contributed by atoms with Gasteiger partial charge in [-0.1, -0.05) is 36.4 Å². The van der Waals surface area contributed by atoms with E-state index in [-0.39, 0.29) is 10.6 Å². The minimum atomic E-state index is -3.83. The van der Waals surface area contributed by atoms with Crippen molar-refractivity contribution in [3.63, 3.8) is 0 Å². The molecule has 0 saturated carbocycles. The number of sulfonamides is 1. The Morgan fingerprint density at radius 2 is 1.77 bits per heavy atom. The highest BCUT2D eigenvalue weighted by atomic mass is 32.2. The molecule has 0 radical (unpaired) electrons. The van der Waals surface area contributed by atoms with Crippen molar-refractivity contribution in [1.82, 2.24) is 4.72 Å². The second-order valence-electron chi connectivity index (χ2n) is 4.96. The maximum absolute atomic E-state index is 12.4. The molecule has 2 aromatic rings. The number of nitrogens with one attached hydrogen (secondary N) is 1. The van der Waals surface area contributed by atoms with Crippen LogP contribution < -0.4 is 4.72 Å². The summed E-state index contributed by atoms with van der Waals surface area (Å²) < 4.78 is 27.3. The van der Waals surface area contributed by atoms with Crippen LogP contribution in [0.4, 0.5) is 5.69 Å². The van der Waals surface area contributed by atoms with Gasteiger partial charge in [0.15, 0.2) is 0 Å². The van der Waals surface area contributed by atoms with Crippen molar-refractivity contribution in [2.45, 2.75) is 24.8 Å². The van der Waals surface area contributed by atoms with E-state index in [2.05, 4.69) is 4.72 Å². The van der Waals surface area contributed by atoms with Gasteiger partial charge < -0.3 is 0 Å². The monoisotopic (exact) mass is 320 g/mol. The molecule has 116 valence electrons. The van der Waals surface area contributed by atoms with Gasteiger partial charge in [0.1, 0.15) is 0 Å². The first kappa shape index (κ1) is 16.1. The number of nitro groups is 1. The molecule has 0 unspecified atom stereocenters. The van der Waals surface area contributed by atoms with E-state index < -0.39 is 21.0 Å². The van der Waals surface area contributed by atoms with Crippen molar-refractivity contribution in [2.24, 2.45) is 0 Å². The van der Waals surface area contributed by atoms with Crippen LogP contribution in [0.3, 0.4) is 0 Å². The van der Waals surface area contributed by atoms with E-state index in [0.29, 0.717) is 5.56 Å². The molecule has 0 spiro atoms. The molecule has 2 rings (SSSR count). The van der Waals surface area contributed by atoms with Crippen LogP contribution in [-0.4, -0.2) is 13.3 Å². The Morgan fingerprint density at radius 1 is 1.14 bits per heavy atom. The van der Waals surface area contributed by atoms with E-state index in [1.165, 1.54) is 12.1 Å². The van der Waals surface area contributed by atoms with Crippen molar-refractivity contribution in [3.05, 3.63) is 69.8 Å². The van der Waals surface area contributed by atoms with Crippen LogP contribution in [0.5, 0.6) is 0 Å². The molecule has 22 heavy (non-hydrogen) atoms. The summed E-state index contributed by atoms with van der Waals surface area (Å²) in [4.78, 5) is 10.2. The zero-order valence-corrected chi connectivity index (χ0v) is 13.0. The number of nitro benzene ring substituents is 1. The lowest BCUT2D eigenvalue weighted by Crippen LogP contribution is -2.27. The van der Waals surface area contributed by atoms with Gasteiger partial charge in [0, 0.05) is 17.7 Å². The molecule has 0 bridgehead atoms. The quantitative estimate of drug-likeness (QED) is 0.677. The van der Waals surface area contributed by atoms with Gasteiger partial charge in [-0.25, -0.2) is 13.1 Å². The highest BCUT2D eigenvalue weighted by Crippen LogP contribution is 2.23. The van der Waals surface area contributed by atoms with E-state index in [1.54, 1.807) is 13.8 Å². The Kier molecular flexibility index (Phi) is 4.58. The molecule has 0 aromatic heterocycles. The molecule has 1 atom stereocenters. The molecule has 0 fully saturated rings. The van der Waals surface area contributed by atoms with E-state index >= 15 is 0 Å². The maximum atomic E-state index is 12.4. The van der Waals surface area contributed by atoms with Crippen LogP contribution in [-0.2, 0) is 10.0 Å². The first-order valence-electron chi connectivity index (χ1n) is 6.63. The normalized spacial score (nSPS) is 12.8. The molecule has 0 heterocycles. The predicted molar refractivity (Wildman–Crippen MR) is 83.0 cm³/mol. The lowest BCUT2D eigenvalue weighted by molar-refractivity contribution is -0.385. The van der Waals surface area contributed by atoms with Gasteiger partial charge in [0.05, 0.1) is 9.82 Å². The second-order valence-corrected chi connectivity index (χ2v) is 6.67. The van der Waals surface area contributed by atoms with E-state index in [9.17, 15) is 18.5 Å². The van der Waals surface area contributed by atoms with Gasteiger partial charge in [-0.2, -0.15) is 0 Å². The van der Waals surface area contributed by atoms with E-state index in [0.717, 1.165) is 11.6 Å². The third kappa shape index (κ3) is 3.49. The van der Waals surface area contributed by atoms with Crippen LogP contribution in [0.15, 0.2) is 53.4 Å². The zero-order valence-electron chi connectivity index (χ0n) is 12.2. The third-order valence-corrected chi connectivity index (χ3v) is 4.86. The minimum absolute atomic E-state index is 0.118. The second kappa shape index (κ2) is 6.25. The molecule has 0 aliphatic heterocycles. The van der Waals surface area contributed by atoms with E-state index in [1.807, 2.05) is 30.3 Å². The van der Waals surface area contributed by atoms with Gasteiger partial charge in [-0.3, -0.25) is 10.1 Å². The summed E-state index contributed by atoms with van der Waals surface area (Å²) in [5.74, 6) is 0. The largest absolute Gasteiger partial charge is 0.273 e. The summed E-state index contributed by atoms with van der Waals surface area (Å²) in [6.45, 7) is 3.28. The molecular weight excluding hydrogens is 304 g/mol. The van der Waals surface area contributed by atoms with Gasteiger partial charge in [0.25, 0.3) is 5.69 Å². The highest BCUT2D eigenvalue weighted by molar-refractivity contribution is 7.89. The van der Waals surface area contributed by atoms with Crippen LogP contribution >= 0.6 is 0 Å². The predicted octanol–water partition coefficient (Wildman–Crippen LogP) is 2.94. The number of hydrogen-bond donors (Lipinski definition) is 1. The molecule has 2 aromatic carbocycles. The first-order chi connectivity index (χ1) is 10.3. The zero-order chi connectivity index (χ0) is 16.3. The molecule has 0 aliphatic rings. The Hall–Kier alpha value is -2.25.